The van der Waals surface area contributed by atoms with Crippen LogP contribution in [0.25, 0.3) is 10.2 Å². The molecule has 0 radical (unpaired) electrons. The van der Waals surface area contributed by atoms with E-state index >= 15 is 0 Å². The zero-order valence-electron chi connectivity index (χ0n) is 19.0. The number of aromatic nitrogens is 1. The number of carbonyl (C=O) groups excluding carboxylic acids is 1. The Morgan fingerprint density at radius 3 is 2.48 bits per heavy atom. The maximum Gasteiger partial charge on any atom is 0.233 e. The number of nitrogens with zero attached hydrogens (tertiary/aromatic N) is 2. The van der Waals surface area contributed by atoms with Crippen LogP contribution in [0.15, 0.2) is 64.1 Å². The fourth-order valence-corrected chi connectivity index (χ4v) is 5.73. The smallest absolute Gasteiger partial charge is 0.233 e. The van der Waals surface area contributed by atoms with Gasteiger partial charge in [-0.3, -0.25) is 9.69 Å². The van der Waals surface area contributed by atoms with Gasteiger partial charge < -0.3 is 4.42 Å². The minimum atomic E-state index is -3.35. The van der Waals surface area contributed by atoms with Gasteiger partial charge in [-0.25, -0.2) is 13.4 Å². The van der Waals surface area contributed by atoms with E-state index in [1.165, 1.54) is 11.3 Å². The molecule has 0 aliphatic heterocycles. The van der Waals surface area contributed by atoms with Crippen molar-refractivity contribution in [2.24, 2.45) is 0 Å². The van der Waals surface area contributed by atoms with Gasteiger partial charge in [0.15, 0.2) is 15.0 Å². The maximum absolute atomic E-state index is 13.4. The van der Waals surface area contributed by atoms with Crippen molar-refractivity contribution >= 4 is 42.4 Å². The fourth-order valence-electron chi connectivity index (χ4n) is 3.64. The molecular formula is C25H26N2O4S2. The van der Waals surface area contributed by atoms with E-state index in [4.69, 9.17) is 9.40 Å². The lowest BCUT2D eigenvalue weighted by Gasteiger charge is -2.19. The molecule has 2 heterocycles. The Morgan fingerprint density at radius 1 is 1.12 bits per heavy atom. The van der Waals surface area contributed by atoms with Crippen molar-refractivity contribution < 1.29 is 17.6 Å². The van der Waals surface area contributed by atoms with Crippen LogP contribution in [0, 0.1) is 13.8 Å². The van der Waals surface area contributed by atoms with Crippen LogP contribution in [-0.4, -0.2) is 24.6 Å². The lowest BCUT2D eigenvalue weighted by atomic mass is 10.1. The summed E-state index contributed by atoms with van der Waals surface area (Å²) in [4.78, 5) is 20.0. The van der Waals surface area contributed by atoms with Crippen molar-refractivity contribution in [1.29, 1.82) is 0 Å². The number of rotatable bonds is 7. The quantitative estimate of drug-likeness (QED) is 0.349. The van der Waals surface area contributed by atoms with Crippen LogP contribution >= 0.6 is 11.3 Å². The SMILES string of the molecule is Cc1cc(C)c2sc(N(Cc3ccco3)C(=O)Cc3ccc(S(=O)(=O)C(C)C)cc3)nc2c1. The number of anilines is 1. The second-order valence-corrected chi connectivity index (χ2v) is 11.9. The molecule has 1 amide bonds. The van der Waals surface area contributed by atoms with E-state index in [2.05, 4.69) is 6.07 Å². The zero-order valence-corrected chi connectivity index (χ0v) is 20.7. The van der Waals surface area contributed by atoms with Crippen molar-refractivity contribution in [3.05, 3.63) is 77.2 Å². The Labute approximate surface area is 197 Å². The molecule has 4 rings (SSSR count). The Kier molecular flexibility index (Phi) is 6.41. The van der Waals surface area contributed by atoms with Crippen LogP contribution in [0.4, 0.5) is 5.13 Å². The van der Waals surface area contributed by atoms with Gasteiger partial charge in [0.25, 0.3) is 0 Å². The Balaban J connectivity index is 1.64. The molecule has 0 aliphatic carbocycles. The number of furan rings is 1. The summed E-state index contributed by atoms with van der Waals surface area (Å²) in [7, 11) is -3.35. The van der Waals surface area contributed by atoms with Gasteiger partial charge in [-0.05, 0) is 74.7 Å². The number of amides is 1. The van der Waals surface area contributed by atoms with E-state index in [9.17, 15) is 13.2 Å². The summed E-state index contributed by atoms with van der Waals surface area (Å²) in [6, 6.07) is 14.3. The van der Waals surface area contributed by atoms with Crippen LogP contribution in [-0.2, 0) is 27.6 Å². The second-order valence-electron chi connectivity index (χ2n) is 8.40. The zero-order chi connectivity index (χ0) is 23.8. The summed E-state index contributed by atoms with van der Waals surface area (Å²) in [5.74, 6) is 0.521. The summed E-state index contributed by atoms with van der Waals surface area (Å²) in [5.41, 5.74) is 3.85. The topological polar surface area (TPSA) is 80.5 Å². The number of hydrogen-bond donors (Lipinski definition) is 0. The van der Waals surface area contributed by atoms with E-state index in [1.54, 1.807) is 55.3 Å². The first-order valence-corrected chi connectivity index (χ1v) is 13.0. The van der Waals surface area contributed by atoms with Crippen LogP contribution in [0.3, 0.4) is 0 Å². The minimum Gasteiger partial charge on any atom is -0.467 e. The standard InChI is InChI=1S/C25H26N2O4S2/c1-16(2)33(29,30)21-9-7-19(8-10-21)14-23(28)27(15-20-6-5-11-31-20)25-26-22-13-17(3)12-18(4)24(22)32-25/h5-13,16H,14-15H2,1-4H3. The van der Waals surface area contributed by atoms with Crippen molar-refractivity contribution in [1.82, 2.24) is 4.98 Å². The largest absolute Gasteiger partial charge is 0.467 e. The molecule has 2 aromatic carbocycles. The number of fused-ring (bicyclic) bond motifs is 1. The number of sulfone groups is 1. The first kappa shape index (κ1) is 23.2. The number of aryl methyl sites for hydroxylation is 2. The molecule has 33 heavy (non-hydrogen) atoms. The summed E-state index contributed by atoms with van der Waals surface area (Å²) in [5, 5.41) is 0.110. The molecule has 6 nitrogen and oxygen atoms in total. The minimum absolute atomic E-state index is 0.122. The summed E-state index contributed by atoms with van der Waals surface area (Å²) in [6.07, 6.45) is 1.70. The molecule has 0 N–H and O–H groups in total. The summed E-state index contributed by atoms with van der Waals surface area (Å²) in [6.45, 7) is 7.65. The van der Waals surface area contributed by atoms with Gasteiger partial charge >= 0.3 is 0 Å². The molecule has 0 unspecified atom stereocenters. The molecule has 8 heteroatoms. The van der Waals surface area contributed by atoms with Gasteiger partial charge in [-0.2, -0.15) is 0 Å². The second kappa shape index (κ2) is 9.11. The van der Waals surface area contributed by atoms with Crippen molar-refractivity contribution in [3.63, 3.8) is 0 Å². The molecular weight excluding hydrogens is 456 g/mol. The highest BCUT2D eigenvalue weighted by Crippen LogP contribution is 2.33. The molecule has 4 aromatic rings. The fraction of sp³-hybridized carbons (Fsp3) is 0.280. The number of carbonyl (C=O) groups is 1. The lowest BCUT2D eigenvalue weighted by Crippen LogP contribution is -2.31. The number of benzene rings is 2. The summed E-state index contributed by atoms with van der Waals surface area (Å²) < 4.78 is 31.3. The molecule has 2 aromatic heterocycles. The van der Waals surface area contributed by atoms with Crippen LogP contribution in [0.1, 0.15) is 36.3 Å². The van der Waals surface area contributed by atoms with Gasteiger partial charge in [-0.15, -0.1) is 0 Å². The van der Waals surface area contributed by atoms with Gasteiger partial charge in [0.1, 0.15) is 5.76 Å². The van der Waals surface area contributed by atoms with Gasteiger partial charge in [0.2, 0.25) is 5.91 Å². The predicted octanol–water partition coefficient (Wildman–Crippen LogP) is 5.46. The average molecular weight is 483 g/mol. The first-order valence-electron chi connectivity index (χ1n) is 10.7. The molecule has 0 spiro atoms. The number of hydrogen-bond acceptors (Lipinski definition) is 6. The number of thiazole rings is 1. The highest BCUT2D eigenvalue weighted by molar-refractivity contribution is 7.92. The van der Waals surface area contributed by atoms with E-state index in [1.807, 2.05) is 26.0 Å². The lowest BCUT2D eigenvalue weighted by molar-refractivity contribution is -0.118. The third-order valence-corrected chi connectivity index (χ3v) is 8.86. The normalized spacial score (nSPS) is 11.9. The maximum atomic E-state index is 13.4. The molecule has 0 fully saturated rings. The monoisotopic (exact) mass is 482 g/mol. The van der Waals surface area contributed by atoms with Gasteiger partial charge in [-0.1, -0.05) is 29.5 Å². The Morgan fingerprint density at radius 2 is 1.85 bits per heavy atom. The Hall–Kier alpha value is -2.97. The third kappa shape index (κ3) is 4.86. The van der Waals surface area contributed by atoms with E-state index in [0.717, 1.165) is 26.9 Å². The van der Waals surface area contributed by atoms with Crippen molar-refractivity contribution in [2.75, 3.05) is 4.90 Å². The highest BCUT2D eigenvalue weighted by Gasteiger charge is 2.23. The van der Waals surface area contributed by atoms with E-state index in [0.29, 0.717) is 10.9 Å². The molecule has 0 saturated carbocycles. The van der Waals surface area contributed by atoms with Crippen LogP contribution in [0.2, 0.25) is 0 Å². The molecule has 0 bridgehead atoms. The van der Waals surface area contributed by atoms with Crippen LogP contribution < -0.4 is 4.90 Å². The molecule has 0 atom stereocenters. The first-order chi connectivity index (χ1) is 15.6. The predicted molar refractivity (Wildman–Crippen MR) is 131 cm³/mol. The Bertz CT molecular complexity index is 1390. The molecule has 0 aliphatic rings. The summed E-state index contributed by atoms with van der Waals surface area (Å²) >= 11 is 1.48. The third-order valence-electron chi connectivity index (χ3n) is 5.46. The molecule has 0 saturated heterocycles. The van der Waals surface area contributed by atoms with E-state index in [-0.39, 0.29) is 23.8 Å². The highest BCUT2D eigenvalue weighted by atomic mass is 32.2. The van der Waals surface area contributed by atoms with Crippen LogP contribution in [0.5, 0.6) is 0 Å². The average Bonchev–Trinajstić information content (AvgIpc) is 3.42. The van der Waals surface area contributed by atoms with Crippen molar-refractivity contribution in [2.45, 2.75) is 50.8 Å². The van der Waals surface area contributed by atoms with Gasteiger partial charge in [0.05, 0.1) is 39.6 Å². The van der Waals surface area contributed by atoms with Gasteiger partial charge in [0, 0.05) is 0 Å². The van der Waals surface area contributed by atoms with E-state index < -0.39 is 15.1 Å². The van der Waals surface area contributed by atoms with Crippen molar-refractivity contribution in [3.8, 4) is 0 Å². The molecule has 172 valence electrons.